The molecule has 1 saturated carbocycles. The smallest absolute Gasteiger partial charge is 0.0356 e. The van der Waals surface area contributed by atoms with Gasteiger partial charge in [-0.15, -0.1) is 0 Å². The first-order chi connectivity index (χ1) is 6.38. The predicted octanol–water partition coefficient (Wildman–Crippen LogP) is 3.63. The van der Waals surface area contributed by atoms with Gasteiger partial charge in [-0.05, 0) is 30.9 Å². The lowest BCUT2D eigenvalue weighted by Crippen LogP contribution is -2.14. The Bertz CT molecular complexity index is 238. The lowest BCUT2D eigenvalue weighted by Gasteiger charge is -2.23. The molecule has 0 radical (unpaired) electrons. The molecule has 2 atom stereocenters. The van der Waals surface area contributed by atoms with E-state index >= 15 is 0 Å². The summed E-state index contributed by atoms with van der Waals surface area (Å²) in [4.78, 5) is 0. The van der Waals surface area contributed by atoms with Gasteiger partial charge in [0.25, 0.3) is 0 Å². The average molecular weight is 177 g/mol. The first kappa shape index (κ1) is 8.86. The minimum atomic E-state index is 0.762. The molecule has 1 heterocycles. The topological polar surface area (TPSA) is 4.93 Å². The highest BCUT2D eigenvalue weighted by Crippen LogP contribution is 2.31. The summed E-state index contributed by atoms with van der Waals surface area (Å²) in [6.45, 7) is 2.40. The number of aromatic nitrogens is 1. The maximum absolute atomic E-state index is 2.40. The zero-order valence-corrected chi connectivity index (χ0v) is 8.45. The molecule has 1 aliphatic carbocycles. The van der Waals surface area contributed by atoms with Crippen LogP contribution in [-0.4, -0.2) is 4.57 Å². The van der Waals surface area contributed by atoms with Crippen molar-refractivity contribution in [3.05, 3.63) is 24.5 Å². The molecule has 1 fully saturated rings. The quantitative estimate of drug-likeness (QED) is 0.577. The second-order valence-electron chi connectivity index (χ2n) is 4.31. The molecule has 0 aliphatic heterocycles. The van der Waals surface area contributed by atoms with E-state index in [0.717, 1.165) is 12.0 Å². The van der Waals surface area contributed by atoms with E-state index in [4.69, 9.17) is 0 Å². The van der Waals surface area contributed by atoms with Gasteiger partial charge in [0.2, 0.25) is 0 Å². The molecule has 1 aromatic rings. The Morgan fingerprint density at radius 1 is 1.00 bits per heavy atom. The minimum Gasteiger partial charge on any atom is -0.351 e. The Kier molecular flexibility index (Phi) is 2.72. The van der Waals surface area contributed by atoms with Gasteiger partial charge in [0.05, 0.1) is 0 Å². The van der Waals surface area contributed by atoms with Crippen LogP contribution in [0, 0.1) is 5.92 Å². The maximum atomic E-state index is 2.40. The van der Waals surface area contributed by atoms with E-state index < -0.39 is 0 Å². The first-order valence-electron chi connectivity index (χ1n) is 5.50. The number of hydrogen-bond donors (Lipinski definition) is 0. The largest absolute Gasteiger partial charge is 0.351 e. The summed E-state index contributed by atoms with van der Waals surface area (Å²) in [6, 6.07) is 5.03. The second kappa shape index (κ2) is 3.99. The Labute approximate surface area is 80.8 Å². The van der Waals surface area contributed by atoms with E-state index in [1.165, 1.54) is 32.1 Å². The fourth-order valence-corrected chi connectivity index (χ4v) is 2.49. The van der Waals surface area contributed by atoms with E-state index in [1.807, 2.05) is 0 Å². The molecule has 72 valence electrons. The van der Waals surface area contributed by atoms with Crippen molar-refractivity contribution >= 4 is 0 Å². The Balaban J connectivity index is 2.11. The van der Waals surface area contributed by atoms with Crippen molar-refractivity contribution in [2.24, 2.45) is 5.92 Å². The minimum absolute atomic E-state index is 0.762. The third-order valence-corrected chi connectivity index (χ3v) is 3.33. The summed E-state index contributed by atoms with van der Waals surface area (Å²) >= 11 is 0. The Hall–Kier alpha value is -0.720. The summed E-state index contributed by atoms with van der Waals surface area (Å²) in [6.07, 6.45) is 11.5. The van der Waals surface area contributed by atoms with Crippen LogP contribution < -0.4 is 0 Å². The van der Waals surface area contributed by atoms with Gasteiger partial charge in [0, 0.05) is 18.4 Å². The number of rotatable bonds is 1. The monoisotopic (exact) mass is 177 g/mol. The van der Waals surface area contributed by atoms with Crippen molar-refractivity contribution < 1.29 is 0 Å². The summed E-state index contributed by atoms with van der Waals surface area (Å²) in [5.41, 5.74) is 0. The summed E-state index contributed by atoms with van der Waals surface area (Å²) in [7, 11) is 0. The molecular weight excluding hydrogens is 158 g/mol. The SMILES string of the molecule is CC1CCCCCC1n1cccc1. The molecule has 1 heteroatoms. The lowest BCUT2D eigenvalue weighted by molar-refractivity contribution is 0.334. The molecule has 0 amide bonds. The summed E-state index contributed by atoms with van der Waals surface area (Å²) in [5, 5.41) is 0. The molecule has 13 heavy (non-hydrogen) atoms. The Morgan fingerprint density at radius 2 is 1.69 bits per heavy atom. The van der Waals surface area contributed by atoms with Crippen molar-refractivity contribution in [2.75, 3.05) is 0 Å². The molecular formula is C12H19N. The van der Waals surface area contributed by atoms with E-state index in [9.17, 15) is 0 Å². The van der Waals surface area contributed by atoms with Crippen LogP contribution in [0.5, 0.6) is 0 Å². The van der Waals surface area contributed by atoms with E-state index in [2.05, 4.69) is 36.0 Å². The molecule has 0 aromatic carbocycles. The average Bonchev–Trinajstić information content (AvgIpc) is 2.56. The summed E-state index contributed by atoms with van der Waals surface area (Å²) < 4.78 is 2.40. The van der Waals surface area contributed by atoms with Crippen LogP contribution in [0.4, 0.5) is 0 Å². The lowest BCUT2D eigenvalue weighted by atomic mass is 9.97. The van der Waals surface area contributed by atoms with Gasteiger partial charge >= 0.3 is 0 Å². The van der Waals surface area contributed by atoms with Gasteiger partial charge in [0.15, 0.2) is 0 Å². The standard InChI is InChI=1S/C12H19N/c1-11-7-3-2-4-8-12(11)13-9-5-6-10-13/h5-6,9-12H,2-4,7-8H2,1H3. The summed E-state index contributed by atoms with van der Waals surface area (Å²) in [5.74, 6) is 0.856. The highest BCUT2D eigenvalue weighted by molar-refractivity contribution is 4.94. The third kappa shape index (κ3) is 1.96. The maximum Gasteiger partial charge on any atom is 0.0356 e. The van der Waals surface area contributed by atoms with Crippen LogP contribution >= 0.6 is 0 Å². The molecule has 0 bridgehead atoms. The van der Waals surface area contributed by atoms with Crippen LogP contribution in [0.2, 0.25) is 0 Å². The fourth-order valence-electron chi connectivity index (χ4n) is 2.49. The Morgan fingerprint density at radius 3 is 2.46 bits per heavy atom. The van der Waals surface area contributed by atoms with Crippen molar-refractivity contribution in [3.63, 3.8) is 0 Å². The van der Waals surface area contributed by atoms with Gasteiger partial charge in [-0.2, -0.15) is 0 Å². The normalized spacial score (nSPS) is 29.9. The van der Waals surface area contributed by atoms with Gasteiger partial charge in [0.1, 0.15) is 0 Å². The van der Waals surface area contributed by atoms with Crippen molar-refractivity contribution in [1.29, 1.82) is 0 Å². The molecule has 0 saturated heterocycles. The highest BCUT2D eigenvalue weighted by Gasteiger charge is 2.20. The third-order valence-electron chi connectivity index (χ3n) is 3.33. The fraction of sp³-hybridized carbons (Fsp3) is 0.667. The predicted molar refractivity (Wildman–Crippen MR) is 55.7 cm³/mol. The van der Waals surface area contributed by atoms with E-state index in [1.54, 1.807) is 0 Å². The molecule has 2 rings (SSSR count). The van der Waals surface area contributed by atoms with Crippen LogP contribution in [0.1, 0.15) is 45.1 Å². The zero-order chi connectivity index (χ0) is 9.10. The van der Waals surface area contributed by atoms with Crippen LogP contribution in [0.25, 0.3) is 0 Å². The van der Waals surface area contributed by atoms with Gasteiger partial charge in [-0.1, -0.05) is 26.2 Å². The zero-order valence-electron chi connectivity index (χ0n) is 8.45. The van der Waals surface area contributed by atoms with E-state index in [-0.39, 0.29) is 0 Å². The van der Waals surface area contributed by atoms with Gasteiger partial charge < -0.3 is 4.57 Å². The molecule has 1 nitrogen and oxygen atoms in total. The number of hydrogen-bond acceptors (Lipinski definition) is 0. The molecule has 1 aromatic heterocycles. The molecule has 0 spiro atoms. The van der Waals surface area contributed by atoms with Crippen molar-refractivity contribution in [2.45, 2.75) is 45.1 Å². The van der Waals surface area contributed by atoms with Crippen LogP contribution in [0.3, 0.4) is 0 Å². The molecule has 0 N–H and O–H groups in total. The van der Waals surface area contributed by atoms with Gasteiger partial charge in [-0.25, -0.2) is 0 Å². The van der Waals surface area contributed by atoms with Crippen molar-refractivity contribution in [3.8, 4) is 0 Å². The van der Waals surface area contributed by atoms with Crippen molar-refractivity contribution in [1.82, 2.24) is 4.57 Å². The van der Waals surface area contributed by atoms with Crippen LogP contribution in [0.15, 0.2) is 24.5 Å². The van der Waals surface area contributed by atoms with Crippen LogP contribution in [-0.2, 0) is 0 Å². The second-order valence-corrected chi connectivity index (χ2v) is 4.31. The van der Waals surface area contributed by atoms with E-state index in [0.29, 0.717) is 0 Å². The van der Waals surface area contributed by atoms with Gasteiger partial charge in [-0.3, -0.25) is 0 Å². The molecule has 2 unspecified atom stereocenters. The number of nitrogens with zero attached hydrogens (tertiary/aromatic N) is 1. The highest BCUT2D eigenvalue weighted by atomic mass is 15.0. The first-order valence-corrected chi connectivity index (χ1v) is 5.50. The molecule has 1 aliphatic rings.